The van der Waals surface area contributed by atoms with Gasteiger partial charge in [0.15, 0.2) is 0 Å². The zero-order valence-corrected chi connectivity index (χ0v) is 16.4. The number of carbonyl (C=O) groups is 1. The van der Waals surface area contributed by atoms with Crippen LogP contribution in [0.5, 0.6) is 0 Å². The summed E-state index contributed by atoms with van der Waals surface area (Å²) in [5, 5.41) is 0. The van der Waals surface area contributed by atoms with Crippen LogP contribution in [0.2, 0.25) is 0 Å². The van der Waals surface area contributed by atoms with E-state index in [9.17, 15) is 13.6 Å². The minimum Gasteiger partial charge on any atom is -0.340 e. The Balaban J connectivity index is 1.50. The van der Waals surface area contributed by atoms with E-state index in [-0.39, 0.29) is 29.5 Å². The maximum atomic E-state index is 13.5. The summed E-state index contributed by atoms with van der Waals surface area (Å²) in [6, 6.07) is 12.9. The number of allylic oxidation sites excluding steroid dienone is 2. The van der Waals surface area contributed by atoms with Crippen LogP contribution in [0.4, 0.5) is 8.78 Å². The number of nitrogens with zero attached hydrogens (tertiary/aromatic N) is 2. The number of hydrogen-bond donors (Lipinski definition) is 0. The van der Waals surface area contributed by atoms with Gasteiger partial charge in [-0.15, -0.1) is 0 Å². The summed E-state index contributed by atoms with van der Waals surface area (Å²) in [6.07, 6.45) is 7.02. The third-order valence-electron chi connectivity index (χ3n) is 5.98. The highest BCUT2D eigenvalue weighted by molar-refractivity contribution is 5.79. The van der Waals surface area contributed by atoms with E-state index in [1.807, 2.05) is 4.90 Å². The molecule has 1 fully saturated rings. The number of rotatable bonds is 4. The average molecular weight is 396 g/mol. The van der Waals surface area contributed by atoms with Gasteiger partial charge in [0, 0.05) is 32.1 Å². The number of carbonyl (C=O) groups excluding carboxylic acids is 1. The second kappa shape index (κ2) is 8.87. The lowest BCUT2D eigenvalue weighted by atomic mass is 9.92. The summed E-state index contributed by atoms with van der Waals surface area (Å²) < 4.78 is 26.9. The SMILES string of the molecule is O=C(C1CC=CCC1)N1CCN(C(c2ccc(F)cc2)c2ccc(F)cc2)CC1. The topological polar surface area (TPSA) is 23.6 Å². The molecule has 4 rings (SSSR count). The highest BCUT2D eigenvalue weighted by Crippen LogP contribution is 2.30. The van der Waals surface area contributed by atoms with E-state index in [1.165, 1.54) is 24.3 Å². The molecule has 5 heteroatoms. The Morgan fingerprint density at radius 1 is 0.828 bits per heavy atom. The number of benzene rings is 2. The molecule has 1 amide bonds. The molecule has 2 aromatic carbocycles. The first kappa shape index (κ1) is 19.8. The van der Waals surface area contributed by atoms with Crippen LogP contribution in [0.3, 0.4) is 0 Å². The van der Waals surface area contributed by atoms with Crippen molar-refractivity contribution in [2.45, 2.75) is 25.3 Å². The van der Waals surface area contributed by atoms with Crippen molar-refractivity contribution in [2.24, 2.45) is 5.92 Å². The van der Waals surface area contributed by atoms with Crippen LogP contribution in [0.25, 0.3) is 0 Å². The largest absolute Gasteiger partial charge is 0.340 e. The second-order valence-corrected chi connectivity index (χ2v) is 7.85. The van der Waals surface area contributed by atoms with Crippen molar-refractivity contribution in [2.75, 3.05) is 26.2 Å². The molecular weight excluding hydrogens is 370 g/mol. The zero-order chi connectivity index (χ0) is 20.2. The van der Waals surface area contributed by atoms with Gasteiger partial charge in [-0.1, -0.05) is 36.4 Å². The zero-order valence-electron chi connectivity index (χ0n) is 16.4. The smallest absolute Gasteiger partial charge is 0.226 e. The fourth-order valence-electron chi connectivity index (χ4n) is 4.38. The van der Waals surface area contributed by atoms with E-state index >= 15 is 0 Å². The Bertz CT molecular complexity index is 810. The van der Waals surface area contributed by atoms with Gasteiger partial charge in [0.1, 0.15) is 11.6 Å². The Kier molecular flexibility index (Phi) is 6.05. The number of piperazine rings is 1. The highest BCUT2D eigenvalue weighted by Gasteiger charge is 2.31. The lowest BCUT2D eigenvalue weighted by Crippen LogP contribution is -2.51. The van der Waals surface area contributed by atoms with E-state index in [2.05, 4.69) is 17.1 Å². The minimum absolute atomic E-state index is 0.0916. The molecule has 0 spiro atoms. The first-order chi connectivity index (χ1) is 14.1. The summed E-state index contributed by atoms with van der Waals surface area (Å²) in [7, 11) is 0. The molecule has 1 heterocycles. The quantitative estimate of drug-likeness (QED) is 0.708. The van der Waals surface area contributed by atoms with Crippen LogP contribution in [0.1, 0.15) is 36.4 Å². The Labute approximate surface area is 170 Å². The van der Waals surface area contributed by atoms with Crippen molar-refractivity contribution in [3.8, 4) is 0 Å². The highest BCUT2D eigenvalue weighted by atomic mass is 19.1. The molecule has 1 aliphatic carbocycles. The van der Waals surface area contributed by atoms with Crippen LogP contribution in [-0.2, 0) is 4.79 Å². The van der Waals surface area contributed by atoms with Crippen molar-refractivity contribution >= 4 is 5.91 Å². The summed E-state index contributed by atoms with van der Waals surface area (Å²) in [5.74, 6) is -0.183. The molecule has 0 aromatic heterocycles. The van der Waals surface area contributed by atoms with Gasteiger partial charge in [-0.3, -0.25) is 9.69 Å². The first-order valence-corrected chi connectivity index (χ1v) is 10.3. The minimum atomic E-state index is -0.274. The summed E-state index contributed by atoms with van der Waals surface area (Å²) in [5.41, 5.74) is 1.94. The third-order valence-corrected chi connectivity index (χ3v) is 5.98. The van der Waals surface area contributed by atoms with Gasteiger partial charge >= 0.3 is 0 Å². The van der Waals surface area contributed by atoms with Crippen molar-refractivity contribution in [3.63, 3.8) is 0 Å². The first-order valence-electron chi connectivity index (χ1n) is 10.3. The fourth-order valence-corrected chi connectivity index (χ4v) is 4.38. The number of halogens is 2. The predicted molar refractivity (Wildman–Crippen MR) is 109 cm³/mol. The average Bonchev–Trinajstić information content (AvgIpc) is 2.77. The molecule has 1 saturated heterocycles. The van der Waals surface area contributed by atoms with Crippen molar-refractivity contribution < 1.29 is 13.6 Å². The standard InChI is InChI=1S/C24H26F2N2O/c25-21-10-6-18(7-11-21)23(19-8-12-22(26)13-9-19)27-14-16-28(17-15-27)24(29)20-4-2-1-3-5-20/h1-2,6-13,20,23H,3-5,14-17H2. The van der Waals surface area contributed by atoms with Crippen LogP contribution >= 0.6 is 0 Å². The molecule has 1 unspecified atom stereocenters. The second-order valence-electron chi connectivity index (χ2n) is 7.85. The molecule has 0 N–H and O–H groups in total. The van der Waals surface area contributed by atoms with E-state index in [0.29, 0.717) is 13.1 Å². The lowest BCUT2D eigenvalue weighted by Gasteiger charge is -2.41. The molecule has 152 valence electrons. The molecule has 1 aliphatic heterocycles. The Morgan fingerprint density at radius 2 is 1.38 bits per heavy atom. The van der Waals surface area contributed by atoms with Gasteiger partial charge in [-0.2, -0.15) is 0 Å². The van der Waals surface area contributed by atoms with Crippen molar-refractivity contribution in [1.82, 2.24) is 9.80 Å². The third kappa shape index (κ3) is 4.56. The molecule has 3 nitrogen and oxygen atoms in total. The Hall–Kier alpha value is -2.53. The molecule has 29 heavy (non-hydrogen) atoms. The molecule has 0 bridgehead atoms. The van der Waals surface area contributed by atoms with Crippen LogP contribution in [0, 0.1) is 17.6 Å². The maximum absolute atomic E-state index is 13.5. The van der Waals surface area contributed by atoms with Crippen LogP contribution < -0.4 is 0 Å². The van der Waals surface area contributed by atoms with Gasteiger partial charge in [0.2, 0.25) is 5.91 Å². The van der Waals surface area contributed by atoms with E-state index in [1.54, 1.807) is 24.3 Å². The molecule has 2 aromatic rings. The van der Waals surface area contributed by atoms with Gasteiger partial charge in [-0.25, -0.2) is 8.78 Å². The predicted octanol–water partition coefficient (Wildman–Crippen LogP) is 4.55. The fraction of sp³-hybridized carbons (Fsp3) is 0.375. The number of hydrogen-bond acceptors (Lipinski definition) is 2. The van der Waals surface area contributed by atoms with E-state index < -0.39 is 0 Å². The normalized spacial score (nSPS) is 20.2. The van der Waals surface area contributed by atoms with Crippen LogP contribution in [-0.4, -0.2) is 41.9 Å². The Morgan fingerprint density at radius 3 is 1.86 bits per heavy atom. The van der Waals surface area contributed by atoms with Crippen molar-refractivity contribution in [1.29, 1.82) is 0 Å². The van der Waals surface area contributed by atoms with Crippen molar-refractivity contribution in [3.05, 3.63) is 83.4 Å². The molecular formula is C24H26F2N2O. The molecule has 1 atom stereocenters. The van der Waals surface area contributed by atoms with Gasteiger partial charge in [0.25, 0.3) is 0 Å². The molecule has 0 radical (unpaired) electrons. The monoisotopic (exact) mass is 396 g/mol. The number of amides is 1. The van der Waals surface area contributed by atoms with Crippen LogP contribution in [0.15, 0.2) is 60.7 Å². The molecule has 0 saturated carbocycles. The van der Waals surface area contributed by atoms with Gasteiger partial charge in [-0.05, 0) is 54.7 Å². The van der Waals surface area contributed by atoms with Gasteiger partial charge in [0.05, 0.1) is 6.04 Å². The van der Waals surface area contributed by atoms with E-state index in [4.69, 9.17) is 0 Å². The summed E-state index contributed by atoms with van der Waals surface area (Å²) in [6.45, 7) is 2.82. The summed E-state index contributed by atoms with van der Waals surface area (Å²) >= 11 is 0. The lowest BCUT2D eigenvalue weighted by molar-refractivity contribution is -0.137. The maximum Gasteiger partial charge on any atom is 0.226 e. The summed E-state index contributed by atoms with van der Waals surface area (Å²) in [4.78, 5) is 17.1. The van der Waals surface area contributed by atoms with E-state index in [0.717, 1.165) is 43.5 Å². The van der Waals surface area contributed by atoms with Gasteiger partial charge < -0.3 is 4.90 Å². The molecule has 2 aliphatic rings.